The summed E-state index contributed by atoms with van der Waals surface area (Å²) < 4.78 is 35.0. The molecule has 1 aliphatic heterocycles. The first-order valence-corrected chi connectivity index (χ1v) is 13.2. The molecule has 1 atom stereocenters. The van der Waals surface area contributed by atoms with Gasteiger partial charge in [-0.15, -0.1) is 11.3 Å². The van der Waals surface area contributed by atoms with E-state index in [2.05, 4.69) is 15.0 Å². The average Bonchev–Trinajstić information content (AvgIpc) is 3.40. The molecule has 0 spiro atoms. The maximum atomic E-state index is 12.6. The SMILES string of the molecule is Cc1ccc(S(=O)(=O)Nc2ccc3nc(SCC(=O)NCC4CCCO4)sc3c2)cc1. The number of aromatic nitrogens is 1. The second kappa shape index (κ2) is 9.56. The van der Waals surface area contributed by atoms with E-state index < -0.39 is 10.0 Å². The van der Waals surface area contributed by atoms with Crippen molar-refractivity contribution in [2.24, 2.45) is 0 Å². The smallest absolute Gasteiger partial charge is 0.261 e. The summed E-state index contributed by atoms with van der Waals surface area (Å²) in [5.41, 5.74) is 2.24. The van der Waals surface area contributed by atoms with Gasteiger partial charge in [0.2, 0.25) is 5.91 Å². The first-order chi connectivity index (χ1) is 14.9. The van der Waals surface area contributed by atoms with E-state index in [-0.39, 0.29) is 22.7 Å². The standard InChI is InChI=1S/C21H23N3O4S3/c1-14-4-7-17(8-5-14)31(26,27)24-15-6-9-18-19(11-15)30-21(23-18)29-13-20(25)22-12-16-3-2-10-28-16/h4-9,11,16,24H,2-3,10,12-13H2,1H3,(H,22,25). The molecule has 10 heteroatoms. The Balaban J connectivity index is 1.37. The van der Waals surface area contributed by atoms with Crippen LogP contribution in [0.5, 0.6) is 0 Å². The zero-order valence-corrected chi connectivity index (χ0v) is 19.4. The van der Waals surface area contributed by atoms with Gasteiger partial charge in [0.05, 0.1) is 32.7 Å². The van der Waals surface area contributed by atoms with Crippen LogP contribution in [0.25, 0.3) is 10.2 Å². The number of nitrogens with zero attached hydrogens (tertiary/aromatic N) is 1. The Morgan fingerprint density at radius 2 is 2.06 bits per heavy atom. The number of thioether (sulfide) groups is 1. The van der Waals surface area contributed by atoms with Crippen molar-refractivity contribution in [3.63, 3.8) is 0 Å². The van der Waals surface area contributed by atoms with Crippen LogP contribution in [-0.4, -0.2) is 44.3 Å². The lowest BCUT2D eigenvalue weighted by atomic mass is 10.2. The molecule has 0 radical (unpaired) electrons. The van der Waals surface area contributed by atoms with Crippen LogP contribution >= 0.6 is 23.1 Å². The van der Waals surface area contributed by atoms with Crippen molar-refractivity contribution in [3.05, 3.63) is 48.0 Å². The number of amides is 1. The van der Waals surface area contributed by atoms with Crippen molar-refractivity contribution in [1.82, 2.24) is 10.3 Å². The van der Waals surface area contributed by atoms with Crippen molar-refractivity contribution in [3.8, 4) is 0 Å². The Morgan fingerprint density at radius 1 is 1.26 bits per heavy atom. The molecule has 1 fully saturated rings. The monoisotopic (exact) mass is 477 g/mol. The molecule has 1 aliphatic rings. The average molecular weight is 478 g/mol. The van der Waals surface area contributed by atoms with Crippen molar-refractivity contribution < 1.29 is 17.9 Å². The van der Waals surface area contributed by atoms with Gasteiger partial charge < -0.3 is 10.1 Å². The highest BCUT2D eigenvalue weighted by Gasteiger charge is 2.17. The summed E-state index contributed by atoms with van der Waals surface area (Å²) >= 11 is 2.80. The second-order valence-corrected chi connectivity index (χ2v) is 11.2. The molecule has 0 saturated carbocycles. The summed E-state index contributed by atoms with van der Waals surface area (Å²) in [6.45, 7) is 3.22. The Labute approximate surface area is 189 Å². The fraction of sp³-hybridized carbons (Fsp3) is 0.333. The van der Waals surface area contributed by atoms with Crippen molar-refractivity contribution in [2.45, 2.75) is 35.1 Å². The van der Waals surface area contributed by atoms with Crippen molar-refractivity contribution >= 4 is 54.9 Å². The van der Waals surface area contributed by atoms with Gasteiger partial charge in [-0.1, -0.05) is 29.5 Å². The predicted molar refractivity (Wildman–Crippen MR) is 124 cm³/mol. The minimum absolute atomic E-state index is 0.0497. The maximum Gasteiger partial charge on any atom is 0.261 e. The molecule has 1 aromatic heterocycles. The molecule has 1 unspecified atom stereocenters. The van der Waals surface area contributed by atoms with Crippen LogP contribution in [0.4, 0.5) is 5.69 Å². The topological polar surface area (TPSA) is 97.4 Å². The molecule has 0 bridgehead atoms. The van der Waals surface area contributed by atoms with E-state index in [9.17, 15) is 13.2 Å². The molecule has 1 amide bonds. The molecule has 164 valence electrons. The Hall–Kier alpha value is -2.14. The number of rotatable bonds is 8. The first-order valence-electron chi connectivity index (χ1n) is 9.90. The summed E-state index contributed by atoms with van der Waals surface area (Å²) in [6, 6.07) is 11.9. The molecule has 0 aliphatic carbocycles. The minimum Gasteiger partial charge on any atom is -0.376 e. The molecule has 2 heterocycles. The molecule has 2 N–H and O–H groups in total. The zero-order chi connectivity index (χ0) is 21.8. The van der Waals surface area contributed by atoms with Gasteiger partial charge in [-0.05, 0) is 50.1 Å². The molecule has 2 aromatic carbocycles. The summed E-state index contributed by atoms with van der Waals surface area (Å²) in [6.07, 6.45) is 2.16. The molecular weight excluding hydrogens is 454 g/mol. The highest BCUT2D eigenvalue weighted by Crippen LogP contribution is 2.31. The van der Waals surface area contributed by atoms with Crippen molar-refractivity contribution in [2.75, 3.05) is 23.6 Å². The van der Waals surface area contributed by atoms with E-state index in [4.69, 9.17) is 4.74 Å². The molecule has 31 heavy (non-hydrogen) atoms. The highest BCUT2D eigenvalue weighted by atomic mass is 32.2. The van der Waals surface area contributed by atoms with Crippen LogP contribution < -0.4 is 10.0 Å². The van der Waals surface area contributed by atoms with Crippen LogP contribution in [-0.2, 0) is 19.6 Å². The third-order valence-electron chi connectivity index (χ3n) is 4.83. The number of aryl methyl sites for hydroxylation is 1. The fourth-order valence-electron chi connectivity index (χ4n) is 3.17. The van der Waals surface area contributed by atoms with E-state index >= 15 is 0 Å². The number of sulfonamides is 1. The Morgan fingerprint density at radius 3 is 2.81 bits per heavy atom. The van der Waals surface area contributed by atoms with Gasteiger partial charge in [-0.25, -0.2) is 13.4 Å². The number of hydrogen-bond acceptors (Lipinski definition) is 7. The third kappa shape index (κ3) is 5.76. The van der Waals surface area contributed by atoms with Gasteiger partial charge in [-0.2, -0.15) is 0 Å². The number of benzene rings is 2. The highest BCUT2D eigenvalue weighted by molar-refractivity contribution is 8.01. The number of ether oxygens (including phenoxy) is 1. The Bertz CT molecular complexity index is 1170. The quantitative estimate of drug-likeness (QED) is 0.479. The van der Waals surface area contributed by atoms with Crippen LogP contribution in [0.1, 0.15) is 18.4 Å². The fourth-order valence-corrected chi connectivity index (χ4v) is 6.16. The predicted octanol–water partition coefficient (Wildman–Crippen LogP) is 3.79. The van der Waals surface area contributed by atoms with Gasteiger partial charge in [-0.3, -0.25) is 9.52 Å². The summed E-state index contributed by atoms with van der Waals surface area (Å²) in [4.78, 5) is 16.8. The Kier molecular flexibility index (Phi) is 6.80. The maximum absolute atomic E-state index is 12.6. The lowest BCUT2D eigenvalue weighted by molar-refractivity contribution is -0.119. The second-order valence-electron chi connectivity index (χ2n) is 7.31. The number of nitrogens with one attached hydrogen (secondary N) is 2. The first kappa shape index (κ1) is 22.1. The van der Waals surface area contributed by atoms with E-state index in [0.717, 1.165) is 39.6 Å². The zero-order valence-electron chi connectivity index (χ0n) is 17.0. The number of carbonyl (C=O) groups excluding carboxylic acids is 1. The third-order valence-corrected chi connectivity index (χ3v) is 8.39. The van der Waals surface area contributed by atoms with Crippen LogP contribution in [0.2, 0.25) is 0 Å². The van der Waals surface area contributed by atoms with E-state index in [1.165, 1.54) is 23.1 Å². The van der Waals surface area contributed by atoms with Gasteiger partial charge in [0, 0.05) is 13.2 Å². The van der Waals surface area contributed by atoms with Crippen LogP contribution in [0, 0.1) is 6.92 Å². The minimum atomic E-state index is -3.66. The summed E-state index contributed by atoms with van der Waals surface area (Å²) in [7, 11) is -3.66. The molecule has 3 aromatic rings. The number of fused-ring (bicyclic) bond motifs is 1. The van der Waals surface area contributed by atoms with Gasteiger partial charge in [0.25, 0.3) is 10.0 Å². The summed E-state index contributed by atoms with van der Waals surface area (Å²) in [5, 5.41) is 2.90. The number of thiazole rings is 1. The van der Waals surface area contributed by atoms with Gasteiger partial charge in [0.1, 0.15) is 0 Å². The normalized spacial score (nSPS) is 16.5. The lowest BCUT2D eigenvalue weighted by Gasteiger charge is -2.09. The van der Waals surface area contributed by atoms with Crippen LogP contribution in [0.3, 0.4) is 0 Å². The van der Waals surface area contributed by atoms with Crippen molar-refractivity contribution in [1.29, 1.82) is 0 Å². The van der Waals surface area contributed by atoms with Gasteiger partial charge >= 0.3 is 0 Å². The summed E-state index contributed by atoms with van der Waals surface area (Å²) in [5.74, 6) is 0.228. The van der Waals surface area contributed by atoms with E-state index in [0.29, 0.717) is 12.2 Å². The number of anilines is 1. The molecule has 7 nitrogen and oxygen atoms in total. The lowest BCUT2D eigenvalue weighted by Crippen LogP contribution is -2.32. The number of carbonyl (C=O) groups is 1. The van der Waals surface area contributed by atoms with Gasteiger partial charge in [0.15, 0.2) is 4.34 Å². The number of hydrogen-bond donors (Lipinski definition) is 2. The van der Waals surface area contributed by atoms with E-state index in [1.54, 1.807) is 42.5 Å². The molecule has 1 saturated heterocycles. The molecular formula is C21H23N3O4S3. The van der Waals surface area contributed by atoms with E-state index in [1.807, 2.05) is 6.92 Å². The molecule has 4 rings (SSSR count). The van der Waals surface area contributed by atoms with Crippen LogP contribution in [0.15, 0.2) is 51.7 Å². The largest absolute Gasteiger partial charge is 0.376 e.